The van der Waals surface area contributed by atoms with Crippen LogP contribution in [0.25, 0.3) is 0 Å². The monoisotopic (exact) mass is 406 g/mol. The molecule has 2 heterocycles. The molecule has 27 heavy (non-hydrogen) atoms. The molecule has 148 valence electrons. The molecule has 2 aromatic heterocycles. The first-order chi connectivity index (χ1) is 12.6. The number of aryl methyl sites for hydroxylation is 2. The standard InChI is InChI=1S/C15H18ClF3N6O2/c1-4-6-20-13(26)10-8(7-25(5-2)22-10)21-14(27)11-9(16)12(15(17,18)19)23-24(11)3/h7H,4-6H2,1-3H3,(H,20,26)(H,21,27). The fourth-order valence-corrected chi connectivity index (χ4v) is 2.63. The fourth-order valence-electron chi connectivity index (χ4n) is 2.27. The lowest BCUT2D eigenvalue weighted by Crippen LogP contribution is -2.26. The topological polar surface area (TPSA) is 93.8 Å². The van der Waals surface area contributed by atoms with Gasteiger partial charge < -0.3 is 10.6 Å². The molecular weight excluding hydrogens is 389 g/mol. The summed E-state index contributed by atoms with van der Waals surface area (Å²) >= 11 is 5.71. The minimum Gasteiger partial charge on any atom is -0.351 e. The number of alkyl halides is 3. The first-order valence-corrected chi connectivity index (χ1v) is 8.44. The Morgan fingerprint density at radius 1 is 1.22 bits per heavy atom. The number of anilines is 1. The van der Waals surface area contributed by atoms with Gasteiger partial charge in [0, 0.05) is 26.3 Å². The van der Waals surface area contributed by atoms with Gasteiger partial charge in [0.05, 0.1) is 5.69 Å². The van der Waals surface area contributed by atoms with Crippen molar-refractivity contribution in [2.75, 3.05) is 11.9 Å². The van der Waals surface area contributed by atoms with Gasteiger partial charge in [0.1, 0.15) is 10.7 Å². The van der Waals surface area contributed by atoms with E-state index in [1.54, 1.807) is 6.92 Å². The quantitative estimate of drug-likeness (QED) is 0.771. The predicted molar refractivity (Wildman–Crippen MR) is 91.7 cm³/mol. The van der Waals surface area contributed by atoms with Gasteiger partial charge in [-0.05, 0) is 13.3 Å². The van der Waals surface area contributed by atoms with Crippen LogP contribution in [-0.2, 0) is 19.8 Å². The number of amides is 2. The summed E-state index contributed by atoms with van der Waals surface area (Å²) in [6.07, 6.45) is -2.69. The Hall–Kier alpha value is -2.56. The van der Waals surface area contributed by atoms with Crippen LogP contribution >= 0.6 is 11.6 Å². The molecule has 0 bridgehead atoms. The van der Waals surface area contributed by atoms with E-state index < -0.39 is 34.4 Å². The summed E-state index contributed by atoms with van der Waals surface area (Å²) in [6.45, 7) is 4.48. The van der Waals surface area contributed by atoms with E-state index >= 15 is 0 Å². The van der Waals surface area contributed by atoms with Crippen molar-refractivity contribution in [3.05, 3.63) is 28.3 Å². The van der Waals surface area contributed by atoms with Crippen LogP contribution in [-0.4, -0.2) is 37.9 Å². The van der Waals surface area contributed by atoms with Crippen molar-refractivity contribution in [3.8, 4) is 0 Å². The molecule has 0 unspecified atom stereocenters. The summed E-state index contributed by atoms with van der Waals surface area (Å²) < 4.78 is 40.9. The third-order valence-electron chi connectivity index (χ3n) is 3.56. The molecule has 2 N–H and O–H groups in total. The third kappa shape index (κ3) is 4.41. The molecule has 0 aliphatic carbocycles. The molecule has 0 aliphatic heterocycles. The number of carbonyl (C=O) groups excluding carboxylic acids is 2. The van der Waals surface area contributed by atoms with Crippen LogP contribution in [0.3, 0.4) is 0 Å². The Morgan fingerprint density at radius 2 is 1.89 bits per heavy atom. The smallest absolute Gasteiger partial charge is 0.351 e. The van der Waals surface area contributed by atoms with Crippen molar-refractivity contribution < 1.29 is 22.8 Å². The van der Waals surface area contributed by atoms with Crippen LogP contribution < -0.4 is 10.6 Å². The average molecular weight is 407 g/mol. The summed E-state index contributed by atoms with van der Waals surface area (Å²) in [4.78, 5) is 24.7. The number of nitrogens with one attached hydrogen (secondary N) is 2. The second kappa shape index (κ2) is 7.99. The highest BCUT2D eigenvalue weighted by Gasteiger charge is 2.39. The number of hydrogen-bond donors (Lipinski definition) is 2. The van der Waals surface area contributed by atoms with Crippen LogP contribution in [0.4, 0.5) is 18.9 Å². The maximum atomic E-state index is 12.9. The highest BCUT2D eigenvalue weighted by atomic mass is 35.5. The highest BCUT2D eigenvalue weighted by molar-refractivity contribution is 6.35. The molecule has 2 amide bonds. The lowest BCUT2D eigenvalue weighted by molar-refractivity contribution is -0.141. The molecule has 8 nitrogen and oxygen atoms in total. The molecule has 0 fully saturated rings. The maximum absolute atomic E-state index is 12.9. The Balaban J connectivity index is 2.35. The van der Waals surface area contributed by atoms with Crippen molar-refractivity contribution in [3.63, 3.8) is 0 Å². The summed E-state index contributed by atoms with van der Waals surface area (Å²) in [5, 5.41) is 11.5. The molecule has 12 heteroatoms. The minimum atomic E-state index is -4.80. The van der Waals surface area contributed by atoms with Crippen LogP contribution in [0, 0.1) is 0 Å². The van der Waals surface area contributed by atoms with Gasteiger partial charge >= 0.3 is 6.18 Å². The molecule has 2 aromatic rings. The summed E-state index contributed by atoms with van der Waals surface area (Å²) in [5.74, 6) is -1.45. The Bertz CT molecular complexity index is 859. The van der Waals surface area contributed by atoms with E-state index in [-0.39, 0.29) is 11.4 Å². The summed E-state index contributed by atoms with van der Waals surface area (Å²) in [6, 6.07) is 0. The van der Waals surface area contributed by atoms with E-state index in [1.165, 1.54) is 17.9 Å². The average Bonchev–Trinajstić information content (AvgIpc) is 3.12. The molecule has 0 spiro atoms. The Labute approximate surface area is 157 Å². The molecule has 0 aromatic carbocycles. The van der Waals surface area contributed by atoms with E-state index in [1.807, 2.05) is 6.92 Å². The number of halogens is 4. The number of carbonyl (C=O) groups is 2. The summed E-state index contributed by atoms with van der Waals surface area (Å²) in [5.41, 5.74) is -1.83. The molecule has 0 atom stereocenters. The predicted octanol–water partition coefficient (Wildman–Crippen LogP) is 2.70. The van der Waals surface area contributed by atoms with Crippen LogP contribution in [0.5, 0.6) is 0 Å². The van der Waals surface area contributed by atoms with Crippen molar-refractivity contribution >= 4 is 29.1 Å². The van der Waals surface area contributed by atoms with Crippen LogP contribution in [0.15, 0.2) is 6.20 Å². The number of rotatable bonds is 6. The maximum Gasteiger partial charge on any atom is 0.436 e. The molecule has 0 aliphatic rings. The second-order valence-corrected chi connectivity index (χ2v) is 5.97. The van der Waals surface area contributed by atoms with Crippen molar-refractivity contribution in [2.24, 2.45) is 7.05 Å². The molecule has 0 radical (unpaired) electrons. The normalized spacial score (nSPS) is 11.5. The van der Waals surface area contributed by atoms with Crippen LogP contribution in [0.1, 0.15) is 46.9 Å². The van der Waals surface area contributed by atoms with Gasteiger partial charge in [-0.15, -0.1) is 0 Å². The van der Waals surface area contributed by atoms with Gasteiger partial charge in [-0.3, -0.25) is 19.0 Å². The zero-order valence-electron chi connectivity index (χ0n) is 14.8. The highest BCUT2D eigenvalue weighted by Crippen LogP contribution is 2.35. The molecule has 0 saturated heterocycles. The zero-order chi connectivity index (χ0) is 20.4. The first-order valence-electron chi connectivity index (χ1n) is 8.06. The van der Waals surface area contributed by atoms with Gasteiger partial charge in [-0.2, -0.15) is 23.4 Å². The Kier molecular flexibility index (Phi) is 6.14. The molecule has 0 saturated carbocycles. The minimum absolute atomic E-state index is 0.0482. The number of hydrogen-bond acceptors (Lipinski definition) is 4. The van der Waals surface area contributed by atoms with E-state index in [4.69, 9.17) is 11.6 Å². The lowest BCUT2D eigenvalue weighted by Gasteiger charge is -2.06. The lowest BCUT2D eigenvalue weighted by atomic mass is 10.3. The van der Waals surface area contributed by atoms with E-state index in [9.17, 15) is 22.8 Å². The summed E-state index contributed by atoms with van der Waals surface area (Å²) in [7, 11) is 1.17. The fraction of sp³-hybridized carbons (Fsp3) is 0.467. The van der Waals surface area contributed by atoms with Gasteiger partial charge in [-0.25, -0.2) is 0 Å². The van der Waals surface area contributed by atoms with Crippen LogP contribution in [0.2, 0.25) is 5.02 Å². The van der Waals surface area contributed by atoms with E-state index in [0.29, 0.717) is 19.5 Å². The first kappa shape index (κ1) is 20.7. The third-order valence-corrected chi connectivity index (χ3v) is 3.92. The Morgan fingerprint density at radius 3 is 2.41 bits per heavy atom. The van der Waals surface area contributed by atoms with Gasteiger partial charge in [-0.1, -0.05) is 18.5 Å². The largest absolute Gasteiger partial charge is 0.436 e. The van der Waals surface area contributed by atoms with Crippen molar-refractivity contribution in [1.29, 1.82) is 0 Å². The van der Waals surface area contributed by atoms with E-state index in [2.05, 4.69) is 20.8 Å². The number of nitrogens with zero attached hydrogens (tertiary/aromatic N) is 4. The molecule has 2 rings (SSSR count). The SMILES string of the molecule is CCCNC(=O)c1nn(CC)cc1NC(=O)c1c(Cl)c(C(F)(F)F)nn1C. The van der Waals surface area contributed by atoms with Gasteiger partial charge in [0.25, 0.3) is 11.8 Å². The van der Waals surface area contributed by atoms with E-state index in [0.717, 1.165) is 4.68 Å². The number of aromatic nitrogens is 4. The zero-order valence-corrected chi connectivity index (χ0v) is 15.6. The van der Waals surface area contributed by atoms with Gasteiger partial charge in [0.2, 0.25) is 0 Å². The van der Waals surface area contributed by atoms with Crippen molar-refractivity contribution in [1.82, 2.24) is 24.9 Å². The second-order valence-electron chi connectivity index (χ2n) is 5.59. The molecular formula is C15H18ClF3N6O2. The van der Waals surface area contributed by atoms with Gasteiger partial charge in [0.15, 0.2) is 11.4 Å². The van der Waals surface area contributed by atoms with Crippen molar-refractivity contribution in [2.45, 2.75) is 33.0 Å².